The molecule has 1 aromatic carbocycles. The summed E-state index contributed by atoms with van der Waals surface area (Å²) >= 11 is 5.92. The van der Waals surface area contributed by atoms with Crippen molar-refractivity contribution in [2.75, 3.05) is 0 Å². The summed E-state index contributed by atoms with van der Waals surface area (Å²) < 4.78 is 5.15. The van der Waals surface area contributed by atoms with Gasteiger partial charge in [-0.2, -0.15) is 4.98 Å². The van der Waals surface area contributed by atoms with E-state index in [0.717, 1.165) is 11.1 Å². The fourth-order valence-electron chi connectivity index (χ4n) is 1.35. The second-order valence-electron chi connectivity index (χ2n) is 3.71. The van der Waals surface area contributed by atoms with E-state index in [1.165, 1.54) is 0 Å². The average molecular weight is 238 g/mol. The highest BCUT2D eigenvalue weighted by molar-refractivity contribution is 6.30. The van der Waals surface area contributed by atoms with Gasteiger partial charge in [-0.05, 0) is 31.5 Å². The Morgan fingerprint density at radius 1 is 1.44 bits per heavy atom. The second kappa shape index (κ2) is 4.23. The Labute approximate surface area is 98.4 Å². The Morgan fingerprint density at radius 2 is 2.19 bits per heavy atom. The lowest BCUT2D eigenvalue weighted by molar-refractivity contribution is 0.418. The first kappa shape index (κ1) is 11.1. The molecule has 1 aromatic heterocycles. The summed E-state index contributed by atoms with van der Waals surface area (Å²) in [5.41, 5.74) is 7.53. The summed E-state index contributed by atoms with van der Waals surface area (Å²) in [5, 5.41) is 4.45. The van der Waals surface area contributed by atoms with Crippen molar-refractivity contribution in [1.29, 1.82) is 0 Å². The first-order valence-electron chi connectivity index (χ1n) is 4.93. The van der Waals surface area contributed by atoms with Gasteiger partial charge in [0.25, 0.3) is 5.89 Å². The normalized spacial score (nSPS) is 12.8. The van der Waals surface area contributed by atoms with E-state index in [0.29, 0.717) is 16.7 Å². The predicted molar refractivity (Wildman–Crippen MR) is 62.1 cm³/mol. The van der Waals surface area contributed by atoms with E-state index >= 15 is 0 Å². The molecule has 84 valence electrons. The maximum absolute atomic E-state index is 5.92. The standard InChI is InChI=1S/C11H12ClN3O/c1-6-3-4-8(12)5-9(6)11-14-10(7(2)13)15-16-11/h3-5,7H,13H2,1-2H3. The number of aryl methyl sites for hydroxylation is 1. The molecule has 0 radical (unpaired) electrons. The highest BCUT2D eigenvalue weighted by Crippen LogP contribution is 2.25. The number of rotatable bonds is 2. The van der Waals surface area contributed by atoms with Crippen LogP contribution in [0.3, 0.4) is 0 Å². The number of hydrogen-bond acceptors (Lipinski definition) is 4. The minimum absolute atomic E-state index is 0.239. The molecule has 2 N–H and O–H groups in total. The predicted octanol–water partition coefficient (Wildman–Crippen LogP) is 2.72. The summed E-state index contributed by atoms with van der Waals surface area (Å²) in [6.07, 6.45) is 0. The lowest BCUT2D eigenvalue weighted by Gasteiger charge is -2.00. The molecule has 0 aliphatic rings. The van der Waals surface area contributed by atoms with Crippen molar-refractivity contribution in [2.24, 2.45) is 5.73 Å². The molecule has 2 aromatic rings. The zero-order valence-corrected chi connectivity index (χ0v) is 9.82. The summed E-state index contributed by atoms with van der Waals surface area (Å²) in [7, 11) is 0. The van der Waals surface area contributed by atoms with Crippen LogP contribution in [0.5, 0.6) is 0 Å². The summed E-state index contributed by atoms with van der Waals surface area (Å²) in [5.74, 6) is 0.946. The van der Waals surface area contributed by atoms with Crippen molar-refractivity contribution in [3.05, 3.63) is 34.6 Å². The van der Waals surface area contributed by atoms with Crippen LogP contribution >= 0.6 is 11.6 Å². The van der Waals surface area contributed by atoms with Gasteiger partial charge in [0.05, 0.1) is 6.04 Å². The molecule has 2 rings (SSSR count). The van der Waals surface area contributed by atoms with E-state index in [-0.39, 0.29) is 6.04 Å². The van der Waals surface area contributed by atoms with E-state index < -0.39 is 0 Å². The van der Waals surface area contributed by atoms with E-state index in [4.69, 9.17) is 21.9 Å². The molecule has 0 bridgehead atoms. The maximum Gasteiger partial charge on any atom is 0.258 e. The van der Waals surface area contributed by atoms with Gasteiger partial charge in [0, 0.05) is 10.6 Å². The molecular weight excluding hydrogens is 226 g/mol. The highest BCUT2D eigenvalue weighted by atomic mass is 35.5. The lowest BCUT2D eigenvalue weighted by Crippen LogP contribution is -2.06. The van der Waals surface area contributed by atoms with Gasteiger partial charge in [0.15, 0.2) is 5.82 Å². The van der Waals surface area contributed by atoms with Crippen molar-refractivity contribution in [1.82, 2.24) is 10.1 Å². The summed E-state index contributed by atoms with van der Waals surface area (Å²) in [6.45, 7) is 3.76. The molecule has 1 atom stereocenters. The van der Waals surface area contributed by atoms with Gasteiger partial charge < -0.3 is 10.3 Å². The van der Waals surface area contributed by atoms with Crippen LogP contribution in [0.4, 0.5) is 0 Å². The maximum atomic E-state index is 5.92. The molecule has 0 aliphatic carbocycles. The van der Waals surface area contributed by atoms with Crippen molar-refractivity contribution < 1.29 is 4.52 Å². The lowest BCUT2D eigenvalue weighted by atomic mass is 10.1. The number of nitrogens with zero attached hydrogens (tertiary/aromatic N) is 2. The molecule has 0 spiro atoms. The van der Waals surface area contributed by atoms with Crippen molar-refractivity contribution in [3.8, 4) is 11.5 Å². The molecule has 16 heavy (non-hydrogen) atoms. The number of aromatic nitrogens is 2. The van der Waals surface area contributed by atoms with Gasteiger partial charge in [-0.15, -0.1) is 0 Å². The molecular formula is C11H12ClN3O. The fraction of sp³-hybridized carbons (Fsp3) is 0.273. The molecule has 1 unspecified atom stereocenters. The molecule has 0 saturated heterocycles. The zero-order chi connectivity index (χ0) is 11.7. The Bertz CT molecular complexity index is 508. The molecule has 0 amide bonds. The van der Waals surface area contributed by atoms with Crippen molar-refractivity contribution >= 4 is 11.6 Å². The first-order chi connectivity index (χ1) is 7.58. The Hall–Kier alpha value is -1.39. The molecule has 0 aliphatic heterocycles. The number of halogens is 1. The second-order valence-corrected chi connectivity index (χ2v) is 4.14. The van der Waals surface area contributed by atoms with Crippen LogP contribution in [-0.2, 0) is 0 Å². The monoisotopic (exact) mass is 237 g/mol. The SMILES string of the molecule is Cc1ccc(Cl)cc1-c1nc(C(C)N)no1. The Kier molecular flexibility index (Phi) is 2.94. The topological polar surface area (TPSA) is 64.9 Å². The number of hydrogen-bond donors (Lipinski definition) is 1. The first-order valence-corrected chi connectivity index (χ1v) is 5.31. The third-order valence-electron chi connectivity index (χ3n) is 2.28. The Morgan fingerprint density at radius 3 is 2.81 bits per heavy atom. The largest absolute Gasteiger partial charge is 0.334 e. The van der Waals surface area contributed by atoms with E-state index in [9.17, 15) is 0 Å². The highest BCUT2D eigenvalue weighted by Gasteiger charge is 2.13. The van der Waals surface area contributed by atoms with E-state index in [2.05, 4.69) is 10.1 Å². The molecule has 1 heterocycles. The van der Waals surface area contributed by atoms with Gasteiger partial charge in [-0.3, -0.25) is 0 Å². The van der Waals surface area contributed by atoms with Gasteiger partial charge in [0.2, 0.25) is 0 Å². The fourth-order valence-corrected chi connectivity index (χ4v) is 1.53. The van der Waals surface area contributed by atoms with Gasteiger partial charge >= 0.3 is 0 Å². The number of nitrogens with two attached hydrogens (primary N) is 1. The summed E-state index contributed by atoms with van der Waals surface area (Å²) in [4.78, 5) is 4.22. The smallest absolute Gasteiger partial charge is 0.258 e. The van der Waals surface area contributed by atoms with Crippen molar-refractivity contribution in [2.45, 2.75) is 19.9 Å². The third-order valence-corrected chi connectivity index (χ3v) is 2.51. The quantitative estimate of drug-likeness (QED) is 0.872. The van der Waals surface area contributed by atoms with E-state index in [1.54, 1.807) is 13.0 Å². The van der Waals surface area contributed by atoms with Crippen LogP contribution in [0.2, 0.25) is 5.02 Å². The van der Waals surface area contributed by atoms with Crippen molar-refractivity contribution in [3.63, 3.8) is 0 Å². The zero-order valence-electron chi connectivity index (χ0n) is 9.07. The summed E-state index contributed by atoms with van der Waals surface area (Å²) in [6, 6.07) is 5.29. The van der Waals surface area contributed by atoms with Crippen LogP contribution in [0, 0.1) is 6.92 Å². The molecule has 4 nitrogen and oxygen atoms in total. The van der Waals surface area contributed by atoms with Gasteiger partial charge in [0.1, 0.15) is 0 Å². The van der Waals surface area contributed by atoms with Crippen LogP contribution < -0.4 is 5.73 Å². The minimum atomic E-state index is -0.239. The van der Waals surface area contributed by atoms with Crippen LogP contribution in [0.15, 0.2) is 22.7 Å². The molecule has 5 heteroatoms. The third kappa shape index (κ3) is 2.08. The minimum Gasteiger partial charge on any atom is -0.334 e. The van der Waals surface area contributed by atoms with Crippen LogP contribution in [-0.4, -0.2) is 10.1 Å². The average Bonchev–Trinajstić information content (AvgIpc) is 2.70. The van der Waals surface area contributed by atoms with Gasteiger partial charge in [-0.25, -0.2) is 0 Å². The van der Waals surface area contributed by atoms with Crippen LogP contribution in [0.1, 0.15) is 24.4 Å². The van der Waals surface area contributed by atoms with Crippen LogP contribution in [0.25, 0.3) is 11.5 Å². The Balaban J connectivity index is 2.46. The number of benzene rings is 1. The molecule has 0 saturated carbocycles. The molecule has 0 fully saturated rings. The van der Waals surface area contributed by atoms with Gasteiger partial charge in [-0.1, -0.05) is 22.8 Å². The van der Waals surface area contributed by atoms with E-state index in [1.807, 2.05) is 19.1 Å².